The molecule has 0 radical (unpaired) electrons. The third-order valence-electron chi connectivity index (χ3n) is 11.6. The summed E-state index contributed by atoms with van der Waals surface area (Å²) < 4.78 is 0. The van der Waals surface area contributed by atoms with Crippen LogP contribution in [0.25, 0.3) is 82.2 Å². The van der Waals surface area contributed by atoms with E-state index in [2.05, 4.69) is 211 Å². The van der Waals surface area contributed by atoms with E-state index in [9.17, 15) is 0 Å². The summed E-state index contributed by atoms with van der Waals surface area (Å²) in [6.45, 7) is 0. The molecule has 1 aliphatic heterocycles. The molecule has 0 saturated heterocycles. The van der Waals surface area contributed by atoms with Gasteiger partial charge in [-0.15, -0.1) is 0 Å². The first-order valence-electron chi connectivity index (χ1n) is 19.8. The van der Waals surface area contributed by atoms with E-state index in [1.165, 1.54) is 65.5 Å². The van der Waals surface area contributed by atoms with Gasteiger partial charge >= 0.3 is 0 Å². The molecule has 1 aliphatic rings. The smallest absolute Gasteiger partial charge is 0.134 e. The van der Waals surface area contributed by atoms with Gasteiger partial charge in [-0.1, -0.05) is 176 Å². The Bertz CT molecular complexity index is 3240. The Balaban J connectivity index is 0.991. The minimum Gasteiger partial charge on any atom is -0.359 e. The number of pyridine rings is 1. The van der Waals surface area contributed by atoms with Gasteiger partial charge in [0, 0.05) is 28.9 Å². The molecule has 3 heteroatoms. The topological polar surface area (TPSA) is 37.3 Å². The summed E-state index contributed by atoms with van der Waals surface area (Å²) in [7, 11) is 0. The van der Waals surface area contributed by atoms with Crippen molar-refractivity contribution < 1.29 is 0 Å². The van der Waals surface area contributed by atoms with E-state index in [0.717, 1.165) is 39.2 Å². The van der Waals surface area contributed by atoms with E-state index >= 15 is 0 Å². The van der Waals surface area contributed by atoms with Gasteiger partial charge in [-0.3, -0.25) is 4.98 Å². The molecule has 11 rings (SSSR count). The fourth-order valence-corrected chi connectivity index (χ4v) is 8.57. The highest BCUT2D eigenvalue weighted by molar-refractivity contribution is 6.14. The van der Waals surface area contributed by atoms with Crippen LogP contribution in [0, 0.1) is 0 Å². The van der Waals surface area contributed by atoms with Crippen LogP contribution in [0.4, 0.5) is 0 Å². The zero-order valence-corrected chi connectivity index (χ0v) is 31.7. The van der Waals surface area contributed by atoms with Crippen LogP contribution in [0.2, 0.25) is 0 Å². The second-order valence-corrected chi connectivity index (χ2v) is 15.1. The number of hydrogen-bond donors (Lipinski definition) is 1. The van der Waals surface area contributed by atoms with Gasteiger partial charge in [-0.05, 0) is 101 Å². The number of nitrogens with one attached hydrogen (secondary N) is 1. The summed E-state index contributed by atoms with van der Waals surface area (Å²) in [6.07, 6.45) is 6.15. The standard InChI is InChI=1S/C55H37N3/c1-2-11-41-30-42(29-22-36(41)10-1)37-20-27-40(28-21-37)55-57-53(39-25-23-38(24-26-39)52-35-56-34-46-13-4-6-17-48(46)52)33-54(58-55)45-15-9-14-43(31-45)51-32-44-12-3-5-16-47(44)49-18-7-8-19-50(49)51/h1-35,54H,(H,57,58). The van der Waals surface area contributed by atoms with Crippen LogP contribution in [0.3, 0.4) is 0 Å². The van der Waals surface area contributed by atoms with E-state index < -0.39 is 0 Å². The number of fused-ring (bicyclic) bond motifs is 5. The predicted molar refractivity (Wildman–Crippen MR) is 244 cm³/mol. The Hall–Kier alpha value is -7.62. The number of amidine groups is 1. The molecule has 1 unspecified atom stereocenters. The first-order valence-corrected chi connectivity index (χ1v) is 19.8. The number of hydrogen-bond acceptors (Lipinski definition) is 3. The average molecular weight is 740 g/mol. The lowest BCUT2D eigenvalue weighted by Crippen LogP contribution is -2.31. The molecule has 0 saturated carbocycles. The molecule has 272 valence electrons. The highest BCUT2D eigenvalue weighted by atomic mass is 15.0. The van der Waals surface area contributed by atoms with Crippen molar-refractivity contribution in [1.82, 2.24) is 10.3 Å². The van der Waals surface area contributed by atoms with Gasteiger partial charge in [0.1, 0.15) is 5.84 Å². The summed E-state index contributed by atoms with van der Waals surface area (Å²) in [5.41, 5.74) is 11.2. The van der Waals surface area contributed by atoms with Gasteiger partial charge in [0.2, 0.25) is 0 Å². The zero-order chi connectivity index (χ0) is 38.4. The van der Waals surface area contributed by atoms with E-state index in [0.29, 0.717) is 0 Å². The Labute approximate surface area is 337 Å². The first-order chi connectivity index (χ1) is 28.7. The van der Waals surface area contributed by atoms with Crippen LogP contribution in [0.1, 0.15) is 22.7 Å². The molecule has 9 aromatic carbocycles. The second kappa shape index (κ2) is 14.1. The fourth-order valence-electron chi connectivity index (χ4n) is 8.57. The number of nitrogens with zero attached hydrogens (tertiary/aromatic N) is 2. The molecule has 1 atom stereocenters. The molecule has 0 spiro atoms. The minimum absolute atomic E-state index is 0.115. The Morgan fingerprint density at radius 3 is 1.83 bits per heavy atom. The normalized spacial score (nSPS) is 14.0. The van der Waals surface area contributed by atoms with Gasteiger partial charge in [-0.25, -0.2) is 4.99 Å². The highest BCUT2D eigenvalue weighted by Gasteiger charge is 2.21. The highest BCUT2D eigenvalue weighted by Crippen LogP contribution is 2.37. The molecule has 1 N–H and O–H groups in total. The van der Waals surface area contributed by atoms with Crippen LogP contribution in [-0.4, -0.2) is 10.8 Å². The number of aliphatic imine (C=N–C) groups is 1. The van der Waals surface area contributed by atoms with Crippen molar-refractivity contribution in [3.05, 3.63) is 229 Å². The Morgan fingerprint density at radius 1 is 0.362 bits per heavy atom. The van der Waals surface area contributed by atoms with Gasteiger partial charge in [0.15, 0.2) is 0 Å². The van der Waals surface area contributed by atoms with Gasteiger partial charge < -0.3 is 5.32 Å². The van der Waals surface area contributed by atoms with Crippen molar-refractivity contribution in [3.8, 4) is 33.4 Å². The summed E-state index contributed by atoms with van der Waals surface area (Å²) in [6, 6.07) is 69.7. The third kappa shape index (κ3) is 6.10. The van der Waals surface area contributed by atoms with Crippen LogP contribution in [0.5, 0.6) is 0 Å². The van der Waals surface area contributed by atoms with Crippen LogP contribution >= 0.6 is 0 Å². The van der Waals surface area contributed by atoms with Gasteiger partial charge in [0.05, 0.1) is 11.7 Å². The second-order valence-electron chi connectivity index (χ2n) is 15.1. The maximum absolute atomic E-state index is 5.30. The Morgan fingerprint density at radius 2 is 1.00 bits per heavy atom. The summed E-state index contributed by atoms with van der Waals surface area (Å²) in [5.74, 6) is 0.844. The number of aromatic nitrogens is 1. The van der Waals surface area contributed by atoms with E-state index in [-0.39, 0.29) is 6.04 Å². The zero-order valence-electron chi connectivity index (χ0n) is 31.7. The monoisotopic (exact) mass is 739 g/mol. The molecule has 3 nitrogen and oxygen atoms in total. The maximum atomic E-state index is 5.30. The quantitative estimate of drug-likeness (QED) is 0.172. The van der Waals surface area contributed by atoms with Crippen LogP contribution in [-0.2, 0) is 0 Å². The van der Waals surface area contributed by atoms with E-state index in [1.54, 1.807) is 0 Å². The van der Waals surface area contributed by atoms with Gasteiger partial charge in [0.25, 0.3) is 0 Å². The van der Waals surface area contributed by atoms with Crippen molar-refractivity contribution in [2.24, 2.45) is 4.99 Å². The minimum atomic E-state index is -0.115. The average Bonchev–Trinajstić information content (AvgIpc) is 3.31. The van der Waals surface area contributed by atoms with E-state index in [1.807, 2.05) is 12.4 Å². The summed E-state index contributed by atoms with van der Waals surface area (Å²) >= 11 is 0. The number of benzene rings is 9. The molecule has 0 fully saturated rings. The van der Waals surface area contributed by atoms with Crippen LogP contribution < -0.4 is 5.32 Å². The molecule has 0 amide bonds. The maximum Gasteiger partial charge on any atom is 0.134 e. The third-order valence-corrected chi connectivity index (χ3v) is 11.6. The molecule has 10 aromatic rings. The Kier molecular flexibility index (Phi) is 8.22. The molecule has 0 bridgehead atoms. The lowest BCUT2D eigenvalue weighted by Gasteiger charge is -2.25. The lowest BCUT2D eigenvalue weighted by molar-refractivity contribution is 0.781. The summed E-state index contributed by atoms with van der Waals surface area (Å²) in [4.78, 5) is 9.85. The molecular weight excluding hydrogens is 703 g/mol. The molecule has 58 heavy (non-hydrogen) atoms. The number of rotatable bonds is 6. The largest absolute Gasteiger partial charge is 0.359 e. The lowest BCUT2D eigenvalue weighted by atomic mass is 9.91. The van der Waals surface area contributed by atoms with Crippen LogP contribution in [0.15, 0.2) is 218 Å². The molecule has 0 aliphatic carbocycles. The summed E-state index contributed by atoms with van der Waals surface area (Å²) in [5, 5.41) is 13.7. The van der Waals surface area contributed by atoms with Crippen molar-refractivity contribution in [2.75, 3.05) is 0 Å². The molecule has 1 aromatic heterocycles. The SMILES string of the molecule is C1=C(c2ccc(-c3cncc4ccccc34)cc2)N=C(c2ccc(-c3ccc4ccccc4c3)cc2)NC1c1cccc(-c2cc3ccccc3c3ccccc23)c1. The van der Waals surface area contributed by atoms with Crippen molar-refractivity contribution in [1.29, 1.82) is 0 Å². The van der Waals surface area contributed by atoms with Gasteiger partial charge in [-0.2, -0.15) is 0 Å². The van der Waals surface area contributed by atoms with Crippen molar-refractivity contribution >= 4 is 54.6 Å². The fraction of sp³-hybridized carbons (Fsp3) is 0.0182. The molecule has 2 heterocycles. The van der Waals surface area contributed by atoms with E-state index in [4.69, 9.17) is 4.99 Å². The predicted octanol–water partition coefficient (Wildman–Crippen LogP) is 13.8. The first kappa shape index (κ1) is 33.7. The molecular formula is C55H37N3. The van der Waals surface area contributed by atoms with Crippen molar-refractivity contribution in [3.63, 3.8) is 0 Å². The van der Waals surface area contributed by atoms with Crippen molar-refractivity contribution in [2.45, 2.75) is 6.04 Å².